The van der Waals surface area contributed by atoms with Crippen molar-refractivity contribution in [3.05, 3.63) is 27.1 Å². The van der Waals surface area contributed by atoms with Crippen LogP contribution in [-0.4, -0.2) is 4.98 Å². The molecule has 2 heterocycles. The van der Waals surface area contributed by atoms with E-state index in [1.807, 2.05) is 13.8 Å². The van der Waals surface area contributed by atoms with Gasteiger partial charge in [-0.3, -0.25) is 0 Å². The minimum atomic E-state index is -0.491. The molecule has 1 aromatic heterocycles. The Balaban J connectivity index is 2.36. The van der Waals surface area contributed by atoms with E-state index in [4.69, 9.17) is 33.7 Å². The van der Waals surface area contributed by atoms with E-state index >= 15 is 0 Å². The molecule has 2 aromatic rings. The second-order valence-electron chi connectivity index (χ2n) is 4.61. The first-order valence-electron chi connectivity index (χ1n) is 5.34. The Morgan fingerprint density at radius 1 is 1.33 bits per heavy atom. The Bertz CT molecular complexity index is 652. The van der Waals surface area contributed by atoms with Crippen LogP contribution in [0.3, 0.4) is 0 Å². The highest BCUT2D eigenvalue weighted by Crippen LogP contribution is 2.51. The van der Waals surface area contributed by atoms with Gasteiger partial charge in [0.1, 0.15) is 11.4 Å². The van der Waals surface area contributed by atoms with Crippen LogP contribution in [0.5, 0.6) is 5.75 Å². The van der Waals surface area contributed by atoms with Crippen molar-refractivity contribution in [2.45, 2.75) is 19.4 Å². The molecule has 3 rings (SSSR count). The van der Waals surface area contributed by atoms with Gasteiger partial charge in [-0.05, 0) is 26.0 Å². The zero-order chi connectivity index (χ0) is 13.1. The number of hydrogen-bond donors (Lipinski definition) is 1. The van der Waals surface area contributed by atoms with E-state index in [1.54, 1.807) is 12.1 Å². The van der Waals surface area contributed by atoms with Gasteiger partial charge in [-0.1, -0.05) is 34.5 Å². The number of rotatable bonds is 0. The van der Waals surface area contributed by atoms with Gasteiger partial charge in [0.2, 0.25) is 0 Å². The number of aromatic nitrogens is 1. The maximum absolute atomic E-state index is 6.18. The number of ether oxygens (including phenoxy) is 1. The highest BCUT2D eigenvalue weighted by molar-refractivity contribution is 7.16. The summed E-state index contributed by atoms with van der Waals surface area (Å²) in [5.74, 6) is 0.615. The van der Waals surface area contributed by atoms with Crippen LogP contribution in [0.2, 0.25) is 10.0 Å². The summed E-state index contributed by atoms with van der Waals surface area (Å²) in [5.41, 5.74) is 6.92. The third-order valence-electron chi connectivity index (χ3n) is 2.81. The first kappa shape index (κ1) is 12.1. The highest BCUT2D eigenvalue weighted by atomic mass is 35.5. The van der Waals surface area contributed by atoms with Crippen LogP contribution >= 0.6 is 34.5 Å². The summed E-state index contributed by atoms with van der Waals surface area (Å²) in [6.07, 6.45) is 0. The first-order chi connectivity index (χ1) is 8.38. The number of nitrogen functional groups attached to an aromatic ring is 1. The molecule has 1 aliphatic rings. The van der Waals surface area contributed by atoms with E-state index in [2.05, 4.69) is 4.98 Å². The van der Waals surface area contributed by atoms with Crippen LogP contribution in [0, 0.1) is 0 Å². The van der Waals surface area contributed by atoms with Gasteiger partial charge in [0, 0.05) is 10.6 Å². The van der Waals surface area contributed by atoms with Crippen molar-refractivity contribution in [3.63, 3.8) is 0 Å². The normalized spacial score (nSPS) is 15.8. The molecule has 94 valence electrons. The average molecular weight is 301 g/mol. The van der Waals surface area contributed by atoms with Gasteiger partial charge in [0.15, 0.2) is 5.13 Å². The van der Waals surface area contributed by atoms with Crippen LogP contribution in [0.15, 0.2) is 12.1 Å². The topological polar surface area (TPSA) is 48.1 Å². The standard InChI is InChI=1S/C12H10Cl2N2OS/c1-12(2)10-8(16-11(15)18-10)6-3-5(13)4-7(14)9(6)17-12/h3-4H,1-2H3,(H2,15,16). The predicted octanol–water partition coefficient (Wildman–Crippen LogP) is 4.33. The Hall–Kier alpha value is -0.970. The number of nitrogens with zero attached hydrogens (tertiary/aromatic N) is 1. The maximum atomic E-state index is 6.18. The lowest BCUT2D eigenvalue weighted by atomic mass is 9.97. The fourth-order valence-corrected chi connectivity index (χ4v) is 3.49. The van der Waals surface area contributed by atoms with E-state index in [1.165, 1.54) is 11.3 Å². The van der Waals surface area contributed by atoms with Crippen molar-refractivity contribution in [3.8, 4) is 17.0 Å². The minimum absolute atomic E-state index is 0.489. The van der Waals surface area contributed by atoms with Crippen molar-refractivity contribution < 1.29 is 4.74 Å². The minimum Gasteiger partial charge on any atom is -0.480 e. The molecule has 1 aliphatic heterocycles. The van der Waals surface area contributed by atoms with Crippen molar-refractivity contribution in [1.29, 1.82) is 0 Å². The van der Waals surface area contributed by atoms with E-state index in [9.17, 15) is 0 Å². The monoisotopic (exact) mass is 300 g/mol. The van der Waals surface area contributed by atoms with Gasteiger partial charge < -0.3 is 10.5 Å². The van der Waals surface area contributed by atoms with Gasteiger partial charge >= 0.3 is 0 Å². The van der Waals surface area contributed by atoms with Crippen LogP contribution < -0.4 is 10.5 Å². The van der Waals surface area contributed by atoms with Crippen molar-refractivity contribution in [2.24, 2.45) is 0 Å². The Morgan fingerprint density at radius 3 is 2.78 bits per heavy atom. The summed E-state index contributed by atoms with van der Waals surface area (Å²) in [6, 6.07) is 3.47. The molecule has 18 heavy (non-hydrogen) atoms. The Kier molecular flexibility index (Phi) is 2.52. The lowest BCUT2D eigenvalue weighted by molar-refractivity contribution is 0.109. The summed E-state index contributed by atoms with van der Waals surface area (Å²) in [7, 11) is 0. The first-order valence-corrected chi connectivity index (χ1v) is 6.91. The molecule has 0 spiro atoms. The van der Waals surface area contributed by atoms with E-state index in [-0.39, 0.29) is 0 Å². The van der Waals surface area contributed by atoms with Crippen molar-refractivity contribution in [2.75, 3.05) is 5.73 Å². The Labute approximate surface area is 118 Å². The lowest BCUT2D eigenvalue weighted by Gasteiger charge is -2.32. The molecule has 0 fully saturated rings. The fourth-order valence-electron chi connectivity index (χ4n) is 2.07. The molecule has 0 saturated heterocycles. The molecule has 0 atom stereocenters. The smallest absolute Gasteiger partial charge is 0.180 e. The van der Waals surface area contributed by atoms with Gasteiger partial charge in [0.05, 0.1) is 15.6 Å². The van der Waals surface area contributed by atoms with Crippen molar-refractivity contribution in [1.82, 2.24) is 4.98 Å². The SMILES string of the molecule is CC1(C)Oc2c(Cl)cc(Cl)cc2-c2nc(N)sc21. The van der Waals surface area contributed by atoms with Crippen LogP contribution in [0.1, 0.15) is 18.7 Å². The maximum Gasteiger partial charge on any atom is 0.180 e. The molecule has 0 unspecified atom stereocenters. The highest BCUT2D eigenvalue weighted by Gasteiger charge is 2.37. The molecule has 2 N–H and O–H groups in total. The summed E-state index contributed by atoms with van der Waals surface area (Å²) in [5, 5.41) is 1.56. The fraction of sp³-hybridized carbons (Fsp3) is 0.250. The van der Waals surface area contributed by atoms with Crippen LogP contribution in [0.4, 0.5) is 5.13 Å². The molecule has 0 amide bonds. The number of anilines is 1. The number of thiazole rings is 1. The number of hydrogen-bond acceptors (Lipinski definition) is 4. The average Bonchev–Trinajstić information content (AvgIpc) is 2.64. The summed E-state index contributed by atoms with van der Waals surface area (Å²) in [6.45, 7) is 3.94. The number of halogens is 2. The van der Waals surface area contributed by atoms with Crippen LogP contribution in [0.25, 0.3) is 11.3 Å². The summed E-state index contributed by atoms with van der Waals surface area (Å²) >= 11 is 13.6. The molecular weight excluding hydrogens is 291 g/mol. The molecule has 6 heteroatoms. The third-order valence-corrected chi connectivity index (χ3v) is 4.50. The molecule has 0 aliphatic carbocycles. The zero-order valence-corrected chi connectivity index (χ0v) is 12.1. The molecule has 3 nitrogen and oxygen atoms in total. The molecule has 1 aromatic carbocycles. The van der Waals surface area contributed by atoms with E-state index in [0.717, 1.165) is 16.1 Å². The van der Waals surface area contributed by atoms with Gasteiger partial charge in [0.25, 0.3) is 0 Å². The quantitative estimate of drug-likeness (QED) is 0.788. The van der Waals surface area contributed by atoms with Crippen LogP contribution in [-0.2, 0) is 5.60 Å². The van der Waals surface area contributed by atoms with Gasteiger partial charge in [-0.15, -0.1) is 0 Å². The number of fused-ring (bicyclic) bond motifs is 3. The molecule has 0 bridgehead atoms. The zero-order valence-electron chi connectivity index (χ0n) is 9.75. The number of benzene rings is 1. The largest absolute Gasteiger partial charge is 0.480 e. The molecular formula is C12H10Cl2N2OS. The Morgan fingerprint density at radius 2 is 2.06 bits per heavy atom. The lowest BCUT2D eigenvalue weighted by Crippen LogP contribution is -2.28. The number of nitrogens with two attached hydrogens (primary N) is 1. The molecule has 0 saturated carbocycles. The van der Waals surface area contributed by atoms with Gasteiger partial charge in [-0.2, -0.15) is 0 Å². The summed E-state index contributed by atoms with van der Waals surface area (Å²) < 4.78 is 5.97. The van der Waals surface area contributed by atoms with E-state index < -0.39 is 5.60 Å². The second-order valence-corrected chi connectivity index (χ2v) is 6.48. The van der Waals surface area contributed by atoms with E-state index in [0.29, 0.717) is 20.9 Å². The van der Waals surface area contributed by atoms with Gasteiger partial charge in [-0.25, -0.2) is 4.98 Å². The second kappa shape index (κ2) is 3.76. The third kappa shape index (κ3) is 1.67. The molecule has 0 radical (unpaired) electrons. The summed E-state index contributed by atoms with van der Waals surface area (Å²) in [4.78, 5) is 5.36. The van der Waals surface area contributed by atoms with Crippen molar-refractivity contribution >= 4 is 39.7 Å². The predicted molar refractivity (Wildman–Crippen MR) is 75.6 cm³/mol.